The van der Waals surface area contributed by atoms with Crippen molar-refractivity contribution < 1.29 is 14.6 Å². The molecule has 1 aromatic rings. The summed E-state index contributed by atoms with van der Waals surface area (Å²) in [5.74, 6) is -0.663. The molecule has 6 nitrogen and oxygen atoms in total. The topological polar surface area (TPSA) is 84.3 Å². The molecule has 1 saturated carbocycles. The zero-order valence-corrected chi connectivity index (χ0v) is 11.3. The van der Waals surface area contributed by atoms with Crippen LogP contribution in [0.3, 0.4) is 0 Å². The second-order valence-electron chi connectivity index (χ2n) is 5.16. The fraction of sp³-hybridized carbons (Fsp3) is 0.615. The predicted octanol–water partition coefficient (Wildman–Crippen LogP) is 1.71. The largest absolute Gasteiger partial charge is 0.477 e. The molecule has 2 rings (SSSR count). The van der Waals surface area contributed by atoms with Crippen LogP contribution in [0.4, 0.5) is 5.95 Å². The number of hydrogen-bond acceptors (Lipinski definition) is 5. The van der Waals surface area contributed by atoms with Crippen molar-refractivity contribution in [2.45, 2.75) is 26.2 Å². The normalized spacial score (nSPS) is 16.7. The van der Waals surface area contributed by atoms with Gasteiger partial charge in [0, 0.05) is 24.8 Å². The van der Waals surface area contributed by atoms with E-state index in [2.05, 4.69) is 15.3 Å². The number of carbonyl (C=O) groups is 1. The Labute approximate surface area is 112 Å². The lowest BCUT2D eigenvalue weighted by Crippen LogP contribution is -2.40. The highest BCUT2D eigenvalue weighted by Gasteiger charge is 2.36. The lowest BCUT2D eigenvalue weighted by atomic mass is 9.69. The molecule has 104 valence electrons. The Balaban J connectivity index is 2.04. The zero-order chi connectivity index (χ0) is 13.9. The van der Waals surface area contributed by atoms with Crippen LogP contribution in [0.15, 0.2) is 6.07 Å². The number of rotatable bonds is 6. The molecule has 2 N–H and O–H groups in total. The molecule has 0 aliphatic heterocycles. The van der Waals surface area contributed by atoms with E-state index in [1.165, 1.54) is 12.5 Å². The first kappa shape index (κ1) is 13.7. The Morgan fingerprint density at radius 1 is 1.53 bits per heavy atom. The maximum Gasteiger partial charge on any atom is 0.354 e. The van der Waals surface area contributed by atoms with Gasteiger partial charge >= 0.3 is 5.97 Å². The Morgan fingerprint density at radius 3 is 2.79 bits per heavy atom. The molecule has 0 radical (unpaired) electrons. The highest BCUT2D eigenvalue weighted by molar-refractivity contribution is 5.85. The Hall–Kier alpha value is -1.69. The van der Waals surface area contributed by atoms with Gasteiger partial charge in [-0.15, -0.1) is 0 Å². The summed E-state index contributed by atoms with van der Waals surface area (Å²) in [5.41, 5.74) is 0.805. The Morgan fingerprint density at radius 2 is 2.26 bits per heavy atom. The third-order valence-corrected chi connectivity index (χ3v) is 3.56. The Kier molecular flexibility index (Phi) is 3.99. The molecule has 6 heteroatoms. The lowest BCUT2D eigenvalue weighted by molar-refractivity contribution is 0.0281. The van der Waals surface area contributed by atoms with Crippen LogP contribution in [0.1, 0.15) is 35.4 Å². The number of carboxylic acid groups (broad SMARTS) is 1. The van der Waals surface area contributed by atoms with Gasteiger partial charge in [0.25, 0.3) is 0 Å². The van der Waals surface area contributed by atoms with E-state index in [-0.39, 0.29) is 11.1 Å². The maximum absolute atomic E-state index is 10.9. The highest BCUT2D eigenvalue weighted by atomic mass is 16.5. The van der Waals surface area contributed by atoms with Crippen molar-refractivity contribution in [1.29, 1.82) is 0 Å². The first-order valence-electron chi connectivity index (χ1n) is 6.36. The molecule has 1 heterocycles. The number of hydrogen-bond donors (Lipinski definition) is 2. The SMILES string of the molecule is COCC1(CNc2nc(C)cc(C(=O)O)n2)CCC1. The van der Waals surface area contributed by atoms with Gasteiger partial charge in [0.05, 0.1) is 6.61 Å². The molecule has 0 saturated heterocycles. The maximum atomic E-state index is 10.9. The number of methoxy groups -OCH3 is 1. The fourth-order valence-electron chi connectivity index (χ4n) is 2.38. The van der Waals surface area contributed by atoms with Crippen molar-refractivity contribution in [1.82, 2.24) is 9.97 Å². The smallest absolute Gasteiger partial charge is 0.354 e. The van der Waals surface area contributed by atoms with Crippen LogP contribution in [0.2, 0.25) is 0 Å². The molecule has 1 aromatic heterocycles. The number of carboxylic acids is 1. The standard InChI is InChI=1S/C13H19N3O3/c1-9-6-10(11(17)18)16-12(15-9)14-7-13(8-19-2)4-3-5-13/h6H,3-5,7-8H2,1-2H3,(H,17,18)(H,14,15,16). The highest BCUT2D eigenvalue weighted by Crippen LogP contribution is 2.40. The monoisotopic (exact) mass is 265 g/mol. The summed E-state index contributed by atoms with van der Waals surface area (Å²) in [4.78, 5) is 19.1. The molecule has 0 amide bonds. The van der Waals surface area contributed by atoms with Gasteiger partial charge in [0.1, 0.15) is 0 Å². The molecule has 1 aliphatic rings. The van der Waals surface area contributed by atoms with Crippen LogP contribution in [-0.4, -0.2) is 41.3 Å². The first-order chi connectivity index (χ1) is 9.04. The van der Waals surface area contributed by atoms with Gasteiger partial charge in [-0.05, 0) is 25.8 Å². The van der Waals surface area contributed by atoms with E-state index in [9.17, 15) is 4.79 Å². The number of aromatic nitrogens is 2. The van der Waals surface area contributed by atoms with Crippen LogP contribution >= 0.6 is 0 Å². The van der Waals surface area contributed by atoms with Crippen molar-refractivity contribution in [3.8, 4) is 0 Å². The van der Waals surface area contributed by atoms with E-state index >= 15 is 0 Å². The van der Waals surface area contributed by atoms with E-state index in [1.807, 2.05) is 0 Å². The summed E-state index contributed by atoms with van der Waals surface area (Å²) in [6, 6.07) is 1.46. The van der Waals surface area contributed by atoms with Crippen molar-refractivity contribution in [2.24, 2.45) is 5.41 Å². The second-order valence-corrected chi connectivity index (χ2v) is 5.16. The van der Waals surface area contributed by atoms with Crippen LogP contribution in [0.25, 0.3) is 0 Å². The molecule has 19 heavy (non-hydrogen) atoms. The summed E-state index contributed by atoms with van der Waals surface area (Å²) >= 11 is 0. The number of nitrogens with zero attached hydrogens (tertiary/aromatic N) is 2. The first-order valence-corrected chi connectivity index (χ1v) is 6.36. The molecule has 1 fully saturated rings. The van der Waals surface area contributed by atoms with E-state index in [1.54, 1.807) is 14.0 Å². The minimum absolute atomic E-state index is 0.0180. The minimum Gasteiger partial charge on any atom is -0.477 e. The summed E-state index contributed by atoms with van der Waals surface area (Å²) in [7, 11) is 1.70. The van der Waals surface area contributed by atoms with Crippen molar-refractivity contribution in [3.63, 3.8) is 0 Å². The lowest BCUT2D eigenvalue weighted by Gasteiger charge is -2.41. The van der Waals surface area contributed by atoms with E-state index in [0.29, 0.717) is 24.8 Å². The molecule has 0 bridgehead atoms. The summed E-state index contributed by atoms with van der Waals surface area (Å²) < 4.78 is 5.25. The van der Waals surface area contributed by atoms with Crippen LogP contribution in [0, 0.1) is 12.3 Å². The molecule has 0 spiro atoms. The van der Waals surface area contributed by atoms with Gasteiger partial charge < -0.3 is 15.2 Å². The number of aromatic carboxylic acids is 1. The zero-order valence-electron chi connectivity index (χ0n) is 11.3. The van der Waals surface area contributed by atoms with Crippen molar-refractivity contribution in [3.05, 3.63) is 17.5 Å². The number of aryl methyl sites for hydroxylation is 1. The predicted molar refractivity (Wildman–Crippen MR) is 70.4 cm³/mol. The van der Waals surface area contributed by atoms with Gasteiger partial charge in [-0.3, -0.25) is 0 Å². The van der Waals surface area contributed by atoms with E-state index < -0.39 is 5.97 Å². The summed E-state index contributed by atoms with van der Waals surface area (Å²) in [6.45, 7) is 3.18. The van der Waals surface area contributed by atoms with Gasteiger partial charge in [0.15, 0.2) is 5.69 Å². The van der Waals surface area contributed by atoms with Gasteiger partial charge in [-0.1, -0.05) is 6.42 Å². The van der Waals surface area contributed by atoms with Gasteiger partial charge in [0.2, 0.25) is 5.95 Å². The summed E-state index contributed by atoms with van der Waals surface area (Å²) in [5, 5.41) is 12.1. The van der Waals surface area contributed by atoms with Gasteiger partial charge in [-0.25, -0.2) is 14.8 Å². The number of nitrogens with one attached hydrogen (secondary N) is 1. The van der Waals surface area contributed by atoms with Crippen molar-refractivity contribution >= 4 is 11.9 Å². The molecular weight excluding hydrogens is 246 g/mol. The van der Waals surface area contributed by atoms with Crippen LogP contribution < -0.4 is 5.32 Å². The van der Waals surface area contributed by atoms with E-state index in [0.717, 1.165) is 12.8 Å². The third-order valence-electron chi connectivity index (χ3n) is 3.56. The third kappa shape index (κ3) is 3.20. The van der Waals surface area contributed by atoms with Crippen LogP contribution in [-0.2, 0) is 4.74 Å². The van der Waals surface area contributed by atoms with E-state index in [4.69, 9.17) is 9.84 Å². The number of ether oxygens (including phenoxy) is 1. The second kappa shape index (κ2) is 5.52. The summed E-state index contributed by atoms with van der Waals surface area (Å²) in [6.07, 6.45) is 3.44. The average molecular weight is 265 g/mol. The Bertz CT molecular complexity index is 472. The quantitative estimate of drug-likeness (QED) is 0.814. The molecule has 0 unspecified atom stereocenters. The number of anilines is 1. The van der Waals surface area contributed by atoms with Crippen LogP contribution in [0.5, 0.6) is 0 Å². The van der Waals surface area contributed by atoms with Gasteiger partial charge in [-0.2, -0.15) is 0 Å². The molecular formula is C13H19N3O3. The van der Waals surface area contributed by atoms with Crippen molar-refractivity contribution in [2.75, 3.05) is 25.6 Å². The molecule has 0 atom stereocenters. The average Bonchev–Trinajstić information content (AvgIpc) is 2.31. The fourth-order valence-corrected chi connectivity index (χ4v) is 2.38. The minimum atomic E-state index is -1.04. The molecule has 1 aliphatic carbocycles. The molecule has 0 aromatic carbocycles.